The van der Waals surface area contributed by atoms with Gasteiger partial charge in [0.05, 0.1) is 5.56 Å². The lowest BCUT2D eigenvalue weighted by atomic mass is 9.77. The molecule has 4 aromatic rings. The molecular weight excluding hydrogens is 568 g/mol. The van der Waals surface area contributed by atoms with E-state index in [9.17, 15) is 4.79 Å². The zero-order valence-electron chi connectivity index (χ0n) is 28.4. The smallest absolute Gasteiger partial charge is 0.340 e. The van der Waals surface area contributed by atoms with Gasteiger partial charge < -0.3 is 19.7 Å². The minimum absolute atomic E-state index is 0.310. The topological polar surface area (TPSA) is 50.8 Å². The zero-order chi connectivity index (χ0) is 32.4. The minimum atomic E-state index is -1.11. The normalized spacial score (nSPS) is 16.0. The average molecular weight is 617 g/mol. The summed E-state index contributed by atoms with van der Waals surface area (Å²) in [6, 6.07) is 22.9. The largest absolute Gasteiger partial charge is 0.456 e. The molecule has 6 rings (SSSR count). The van der Waals surface area contributed by atoms with Crippen molar-refractivity contribution in [1.82, 2.24) is 0 Å². The number of benzene rings is 4. The predicted molar refractivity (Wildman–Crippen MR) is 189 cm³/mol. The summed E-state index contributed by atoms with van der Waals surface area (Å²) in [4.78, 5) is 15.9. The van der Waals surface area contributed by atoms with Crippen LogP contribution >= 0.6 is 0 Å². The van der Waals surface area contributed by atoms with Crippen LogP contribution in [-0.4, -0.2) is 19.1 Å². The van der Waals surface area contributed by atoms with E-state index in [1.807, 2.05) is 24.3 Å². The van der Waals surface area contributed by atoms with Gasteiger partial charge >= 0.3 is 5.97 Å². The highest BCUT2D eigenvalue weighted by molar-refractivity contribution is 5.97. The van der Waals surface area contributed by atoms with E-state index in [0.29, 0.717) is 5.56 Å². The highest BCUT2D eigenvalue weighted by Crippen LogP contribution is 2.57. The van der Waals surface area contributed by atoms with Crippen molar-refractivity contribution in [2.45, 2.75) is 92.1 Å². The van der Waals surface area contributed by atoms with Crippen molar-refractivity contribution in [2.24, 2.45) is 0 Å². The number of esters is 1. The SMILES string of the molecule is CCCCCCN(CC)c1ccc2c(c1)Oc1cc(C)c(Nc3ccc(CC)c(CC)c3CC)cc1C21OC(=O)c2ccccc21. The number of carbonyl (C=O) groups is 1. The van der Waals surface area contributed by atoms with Gasteiger partial charge in [0.1, 0.15) is 11.5 Å². The van der Waals surface area contributed by atoms with Gasteiger partial charge in [0.25, 0.3) is 0 Å². The van der Waals surface area contributed by atoms with Gasteiger partial charge in [-0.15, -0.1) is 0 Å². The van der Waals surface area contributed by atoms with Crippen molar-refractivity contribution in [1.29, 1.82) is 0 Å². The molecule has 0 aliphatic carbocycles. The van der Waals surface area contributed by atoms with Gasteiger partial charge in [-0.05, 0) is 98.2 Å². The summed E-state index contributed by atoms with van der Waals surface area (Å²) in [6.45, 7) is 15.2. The van der Waals surface area contributed by atoms with Crippen LogP contribution in [0.1, 0.15) is 110 Å². The molecule has 2 aliphatic heterocycles. The molecule has 5 nitrogen and oxygen atoms in total. The molecule has 5 heteroatoms. The number of hydrogen-bond acceptors (Lipinski definition) is 5. The highest BCUT2D eigenvalue weighted by Gasteiger charge is 2.53. The second-order valence-corrected chi connectivity index (χ2v) is 12.6. The molecule has 2 heterocycles. The predicted octanol–water partition coefficient (Wildman–Crippen LogP) is 10.4. The molecule has 46 heavy (non-hydrogen) atoms. The number of ether oxygens (including phenoxy) is 2. The van der Waals surface area contributed by atoms with Crippen LogP contribution in [0.25, 0.3) is 0 Å². The molecule has 2 aliphatic rings. The molecular formula is C41H48N2O3. The van der Waals surface area contributed by atoms with Crippen LogP contribution in [0.2, 0.25) is 0 Å². The van der Waals surface area contributed by atoms with Gasteiger partial charge in [0, 0.05) is 52.9 Å². The molecule has 1 N–H and O–H groups in total. The fourth-order valence-corrected chi connectivity index (χ4v) is 7.52. The summed E-state index contributed by atoms with van der Waals surface area (Å²) in [5.41, 5.74) is 10.5. The Labute approximate surface area is 274 Å². The van der Waals surface area contributed by atoms with Crippen molar-refractivity contribution < 1.29 is 14.3 Å². The highest BCUT2D eigenvalue weighted by atomic mass is 16.6. The van der Waals surface area contributed by atoms with Gasteiger partial charge in [-0.3, -0.25) is 0 Å². The van der Waals surface area contributed by atoms with E-state index in [-0.39, 0.29) is 5.97 Å². The number of rotatable bonds is 12. The first-order chi connectivity index (χ1) is 22.4. The van der Waals surface area contributed by atoms with Crippen molar-refractivity contribution in [3.8, 4) is 11.5 Å². The number of aryl methyl sites for hydroxylation is 2. The molecule has 0 bridgehead atoms. The van der Waals surface area contributed by atoms with Crippen LogP contribution in [0.5, 0.6) is 11.5 Å². The van der Waals surface area contributed by atoms with Crippen LogP contribution in [0.3, 0.4) is 0 Å². The van der Waals surface area contributed by atoms with Gasteiger partial charge in [0.15, 0.2) is 5.60 Å². The summed E-state index contributed by atoms with van der Waals surface area (Å²) >= 11 is 0. The Morgan fingerprint density at radius 3 is 2.26 bits per heavy atom. The third-order valence-corrected chi connectivity index (χ3v) is 9.96. The van der Waals surface area contributed by atoms with Crippen LogP contribution in [-0.2, 0) is 29.6 Å². The number of carbonyl (C=O) groups excluding carboxylic acids is 1. The van der Waals surface area contributed by atoms with E-state index in [2.05, 4.69) is 94.2 Å². The second-order valence-electron chi connectivity index (χ2n) is 12.6. The molecule has 0 radical (unpaired) electrons. The molecule has 240 valence electrons. The van der Waals surface area contributed by atoms with Gasteiger partial charge in [-0.2, -0.15) is 0 Å². The molecule has 0 saturated carbocycles. The number of anilines is 3. The first-order valence-electron chi connectivity index (χ1n) is 17.4. The van der Waals surface area contributed by atoms with E-state index in [4.69, 9.17) is 9.47 Å². The lowest BCUT2D eigenvalue weighted by Gasteiger charge is -2.38. The Kier molecular flexibility index (Phi) is 9.13. The molecule has 1 atom stereocenters. The van der Waals surface area contributed by atoms with Crippen molar-refractivity contribution in [3.05, 3.63) is 111 Å². The standard InChI is InChI=1S/C41H48N2O3/c1-7-12-13-16-23-43(11-5)29-20-21-34-39(25-29)45-38-24-27(6)37(42-36-22-19-28(8-2)30(9-3)31(36)10-4)26-35(38)41(34)33-18-15-14-17-32(33)40(44)46-41/h14-15,17-22,24-26,42H,7-13,16,23H2,1-6H3. The third kappa shape index (κ3) is 5.34. The van der Waals surface area contributed by atoms with Crippen molar-refractivity contribution in [2.75, 3.05) is 23.3 Å². The van der Waals surface area contributed by atoms with Gasteiger partial charge in [-0.25, -0.2) is 4.79 Å². The summed E-state index contributed by atoms with van der Waals surface area (Å²) < 4.78 is 13.3. The van der Waals surface area contributed by atoms with Crippen LogP contribution in [0.4, 0.5) is 17.1 Å². The van der Waals surface area contributed by atoms with Crippen LogP contribution < -0.4 is 15.0 Å². The lowest BCUT2D eigenvalue weighted by molar-refractivity contribution is 0.0224. The number of hydrogen-bond donors (Lipinski definition) is 1. The van der Waals surface area contributed by atoms with E-state index < -0.39 is 5.60 Å². The van der Waals surface area contributed by atoms with Crippen molar-refractivity contribution in [3.63, 3.8) is 0 Å². The number of unbranched alkanes of at least 4 members (excludes halogenated alkanes) is 3. The Hall–Kier alpha value is -4.25. The third-order valence-electron chi connectivity index (χ3n) is 9.96. The maximum atomic E-state index is 13.5. The van der Waals surface area contributed by atoms with Crippen LogP contribution in [0, 0.1) is 6.92 Å². The van der Waals surface area contributed by atoms with Gasteiger partial charge in [0.2, 0.25) is 0 Å². The number of nitrogens with one attached hydrogen (secondary N) is 1. The maximum absolute atomic E-state index is 13.5. The van der Waals surface area contributed by atoms with Gasteiger partial charge in [-0.1, -0.05) is 71.2 Å². The fourth-order valence-electron chi connectivity index (χ4n) is 7.52. The monoisotopic (exact) mass is 616 g/mol. The van der Waals surface area contributed by atoms with E-state index >= 15 is 0 Å². The molecule has 1 unspecified atom stereocenters. The summed E-state index contributed by atoms with van der Waals surface area (Å²) in [6.07, 6.45) is 7.85. The maximum Gasteiger partial charge on any atom is 0.340 e. The molecule has 1 spiro atoms. The molecule has 0 saturated heterocycles. The Morgan fingerprint density at radius 1 is 0.739 bits per heavy atom. The Bertz CT molecular complexity index is 1760. The number of fused-ring (bicyclic) bond motifs is 6. The lowest BCUT2D eigenvalue weighted by Crippen LogP contribution is -2.33. The molecule has 0 aromatic heterocycles. The van der Waals surface area contributed by atoms with E-state index in [1.54, 1.807) is 0 Å². The minimum Gasteiger partial charge on any atom is -0.456 e. The summed E-state index contributed by atoms with van der Waals surface area (Å²) in [7, 11) is 0. The summed E-state index contributed by atoms with van der Waals surface area (Å²) in [5, 5.41) is 3.79. The van der Waals surface area contributed by atoms with E-state index in [0.717, 1.165) is 89.6 Å². The first kappa shape index (κ1) is 31.7. The molecule has 0 fully saturated rings. The molecule has 0 amide bonds. The molecule has 4 aromatic carbocycles. The Balaban J connectivity index is 1.47. The quantitative estimate of drug-likeness (QED) is 0.127. The Morgan fingerprint density at radius 2 is 1.52 bits per heavy atom. The summed E-state index contributed by atoms with van der Waals surface area (Å²) in [5.74, 6) is 1.14. The van der Waals surface area contributed by atoms with Crippen molar-refractivity contribution >= 4 is 23.0 Å². The van der Waals surface area contributed by atoms with E-state index in [1.165, 1.54) is 36.0 Å². The van der Waals surface area contributed by atoms with Crippen LogP contribution in [0.15, 0.2) is 66.7 Å². The number of nitrogens with zero attached hydrogens (tertiary/aromatic N) is 1. The second kappa shape index (κ2) is 13.2. The zero-order valence-corrected chi connectivity index (χ0v) is 28.4. The average Bonchev–Trinajstić information content (AvgIpc) is 3.37. The fraction of sp³-hybridized carbons (Fsp3) is 0.390. The first-order valence-corrected chi connectivity index (χ1v) is 17.4.